The molecule has 0 aliphatic rings. The van der Waals surface area contributed by atoms with Crippen molar-refractivity contribution in [2.75, 3.05) is 7.11 Å². The van der Waals surface area contributed by atoms with Crippen molar-refractivity contribution in [3.63, 3.8) is 0 Å². The van der Waals surface area contributed by atoms with Crippen molar-refractivity contribution >= 4 is 33.4 Å². The number of hydrogen-bond acceptors (Lipinski definition) is 2. The summed E-state index contributed by atoms with van der Waals surface area (Å²) in [6, 6.07) is 12.4. The summed E-state index contributed by atoms with van der Waals surface area (Å²) in [6.45, 7) is 1.91. The van der Waals surface area contributed by atoms with Crippen molar-refractivity contribution < 1.29 is 4.74 Å². The molecule has 0 amide bonds. The largest absolute Gasteiger partial charge is 0.496 e. The monoisotopic (exact) mass is 337 g/mol. The molecule has 1 unspecified atom stereocenters. The van der Waals surface area contributed by atoms with Gasteiger partial charge in [-0.05, 0) is 58.0 Å². The average Bonchev–Trinajstić information content (AvgIpc) is 2.38. The molecule has 0 saturated carbocycles. The van der Waals surface area contributed by atoms with Crippen LogP contribution in [0.25, 0.3) is 10.8 Å². The molecule has 0 fully saturated rings. The summed E-state index contributed by atoms with van der Waals surface area (Å²) in [4.78, 5) is 0. The highest BCUT2D eigenvalue weighted by Crippen LogP contribution is 2.31. The van der Waals surface area contributed by atoms with Crippen LogP contribution in [0.4, 0.5) is 0 Å². The molecule has 2 rings (SSSR count). The highest BCUT2D eigenvalue weighted by atomic mass is 127. The lowest BCUT2D eigenvalue weighted by Gasteiger charge is -2.09. The molecule has 86 valence electrons. The average molecular weight is 337 g/mol. The number of fused-ring (bicyclic) bond motifs is 1. The van der Waals surface area contributed by atoms with Crippen LogP contribution >= 0.6 is 22.6 Å². The second-order valence-electron chi connectivity index (χ2n) is 3.91. The molecule has 0 spiro atoms. The highest BCUT2D eigenvalue weighted by molar-refractivity contribution is 14.1. The van der Waals surface area contributed by atoms with E-state index in [4.69, 9.17) is 10.00 Å². The number of benzene rings is 2. The minimum atomic E-state index is -0.0702. The van der Waals surface area contributed by atoms with Crippen LogP contribution in [0.1, 0.15) is 18.4 Å². The van der Waals surface area contributed by atoms with E-state index in [2.05, 4.69) is 40.8 Å². The van der Waals surface area contributed by atoms with Crippen LogP contribution in [-0.4, -0.2) is 7.11 Å². The van der Waals surface area contributed by atoms with Gasteiger partial charge in [-0.15, -0.1) is 0 Å². The van der Waals surface area contributed by atoms with Gasteiger partial charge in [-0.3, -0.25) is 0 Å². The summed E-state index contributed by atoms with van der Waals surface area (Å²) in [7, 11) is 1.68. The highest BCUT2D eigenvalue weighted by Gasteiger charge is 2.08. The molecule has 0 aliphatic carbocycles. The van der Waals surface area contributed by atoms with Crippen molar-refractivity contribution in [2.24, 2.45) is 0 Å². The first-order valence-electron chi connectivity index (χ1n) is 5.33. The second kappa shape index (κ2) is 4.92. The van der Waals surface area contributed by atoms with E-state index in [1.807, 2.05) is 25.1 Å². The van der Waals surface area contributed by atoms with E-state index in [0.29, 0.717) is 0 Å². The Hall–Kier alpha value is -1.28. The van der Waals surface area contributed by atoms with Gasteiger partial charge in [-0.1, -0.05) is 18.2 Å². The maximum atomic E-state index is 8.93. The predicted octanol–water partition coefficient (Wildman–Crippen LogP) is 4.08. The zero-order chi connectivity index (χ0) is 12.4. The summed E-state index contributed by atoms with van der Waals surface area (Å²) in [5, 5.41) is 11.2. The molecule has 1 atom stereocenters. The summed E-state index contributed by atoms with van der Waals surface area (Å²) < 4.78 is 6.40. The molecule has 2 nitrogen and oxygen atoms in total. The summed E-state index contributed by atoms with van der Waals surface area (Å²) >= 11 is 2.29. The molecule has 3 heteroatoms. The molecular weight excluding hydrogens is 325 g/mol. The van der Waals surface area contributed by atoms with Crippen molar-refractivity contribution in [2.45, 2.75) is 12.8 Å². The smallest absolute Gasteiger partial charge is 0.132 e. The van der Waals surface area contributed by atoms with Crippen molar-refractivity contribution in [3.05, 3.63) is 39.5 Å². The standard InChI is InChI=1S/C14H12INO/c1-9(8-16)10-3-5-12-11(7-10)4-6-13(17-2)14(12)15/h3-7,9H,1-2H3. The third-order valence-corrected chi connectivity index (χ3v) is 3.97. The van der Waals surface area contributed by atoms with Crippen molar-refractivity contribution in [1.29, 1.82) is 5.26 Å². The fraction of sp³-hybridized carbons (Fsp3) is 0.214. The van der Waals surface area contributed by atoms with Gasteiger partial charge in [0.15, 0.2) is 0 Å². The van der Waals surface area contributed by atoms with E-state index in [1.54, 1.807) is 7.11 Å². The van der Waals surface area contributed by atoms with Gasteiger partial charge in [-0.25, -0.2) is 0 Å². The number of nitriles is 1. The van der Waals surface area contributed by atoms with Gasteiger partial charge < -0.3 is 4.74 Å². The van der Waals surface area contributed by atoms with Crippen molar-refractivity contribution in [1.82, 2.24) is 0 Å². The molecule has 0 heterocycles. The number of nitrogens with zero attached hydrogens (tertiary/aromatic N) is 1. The Morgan fingerprint density at radius 2 is 2.06 bits per heavy atom. The van der Waals surface area contributed by atoms with Gasteiger partial charge in [0.25, 0.3) is 0 Å². The maximum Gasteiger partial charge on any atom is 0.132 e. The van der Waals surface area contributed by atoms with Gasteiger partial charge in [-0.2, -0.15) is 5.26 Å². The lowest BCUT2D eigenvalue weighted by molar-refractivity contribution is 0.412. The minimum absolute atomic E-state index is 0.0702. The molecule has 2 aromatic rings. The fourth-order valence-corrected chi connectivity index (χ4v) is 2.68. The van der Waals surface area contributed by atoms with Gasteiger partial charge >= 0.3 is 0 Å². The first kappa shape index (κ1) is 12.2. The fourth-order valence-electron chi connectivity index (χ4n) is 1.79. The van der Waals surface area contributed by atoms with E-state index in [1.165, 1.54) is 5.39 Å². The van der Waals surface area contributed by atoms with E-state index in [9.17, 15) is 0 Å². The second-order valence-corrected chi connectivity index (χ2v) is 4.99. The lowest BCUT2D eigenvalue weighted by Crippen LogP contribution is -1.91. The normalized spacial score (nSPS) is 12.1. The quantitative estimate of drug-likeness (QED) is 0.774. The van der Waals surface area contributed by atoms with Crippen LogP contribution in [0, 0.1) is 14.9 Å². The van der Waals surface area contributed by atoms with Crippen LogP contribution < -0.4 is 4.74 Å². The number of hydrogen-bond donors (Lipinski definition) is 0. The van der Waals surface area contributed by atoms with Crippen LogP contribution in [0.5, 0.6) is 5.75 Å². The Morgan fingerprint density at radius 3 is 2.71 bits per heavy atom. The Labute approximate surface area is 114 Å². The van der Waals surface area contributed by atoms with Crippen LogP contribution in [0.15, 0.2) is 30.3 Å². The van der Waals surface area contributed by atoms with E-state index >= 15 is 0 Å². The zero-order valence-corrected chi connectivity index (χ0v) is 11.9. The predicted molar refractivity (Wildman–Crippen MR) is 77.2 cm³/mol. The lowest BCUT2D eigenvalue weighted by atomic mass is 9.99. The van der Waals surface area contributed by atoms with E-state index in [-0.39, 0.29) is 5.92 Å². The molecule has 0 aromatic heterocycles. The van der Waals surface area contributed by atoms with Gasteiger partial charge in [0.2, 0.25) is 0 Å². The van der Waals surface area contributed by atoms with Gasteiger partial charge in [0.05, 0.1) is 22.7 Å². The molecule has 0 aliphatic heterocycles. The van der Waals surface area contributed by atoms with E-state index in [0.717, 1.165) is 20.3 Å². The summed E-state index contributed by atoms with van der Waals surface area (Å²) in [6.07, 6.45) is 0. The zero-order valence-electron chi connectivity index (χ0n) is 9.70. The van der Waals surface area contributed by atoms with Crippen LogP contribution in [0.2, 0.25) is 0 Å². The number of halogens is 1. The molecule has 0 saturated heterocycles. The van der Waals surface area contributed by atoms with Crippen LogP contribution in [0.3, 0.4) is 0 Å². The molecular formula is C14H12INO. The topological polar surface area (TPSA) is 33.0 Å². The Kier molecular flexibility index (Phi) is 3.53. The SMILES string of the molecule is COc1ccc2cc(C(C)C#N)ccc2c1I. The van der Waals surface area contributed by atoms with Crippen LogP contribution in [-0.2, 0) is 0 Å². The molecule has 0 bridgehead atoms. The number of ether oxygens (including phenoxy) is 1. The Balaban J connectivity index is 2.62. The third-order valence-electron chi connectivity index (χ3n) is 2.86. The van der Waals surface area contributed by atoms with E-state index < -0.39 is 0 Å². The Morgan fingerprint density at radius 1 is 1.29 bits per heavy atom. The summed E-state index contributed by atoms with van der Waals surface area (Å²) in [5.41, 5.74) is 1.06. The molecule has 0 N–H and O–H groups in total. The van der Waals surface area contributed by atoms with Crippen molar-refractivity contribution in [3.8, 4) is 11.8 Å². The minimum Gasteiger partial charge on any atom is -0.496 e. The number of rotatable bonds is 2. The Bertz CT molecular complexity index is 601. The first-order chi connectivity index (χ1) is 8.17. The molecule has 2 aromatic carbocycles. The maximum absolute atomic E-state index is 8.93. The third kappa shape index (κ3) is 2.22. The molecule has 17 heavy (non-hydrogen) atoms. The van der Waals surface area contributed by atoms with Gasteiger partial charge in [0.1, 0.15) is 5.75 Å². The summed E-state index contributed by atoms with van der Waals surface area (Å²) in [5.74, 6) is 0.818. The first-order valence-corrected chi connectivity index (χ1v) is 6.41. The number of methoxy groups -OCH3 is 1. The molecule has 0 radical (unpaired) electrons. The van der Waals surface area contributed by atoms with Gasteiger partial charge in [0, 0.05) is 0 Å².